The predicted octanol–water partition coefficient (Wildman–Crippen LogP) is 3.44. The minimum Gasteiger partial charge on any atom is -0.375 e. The summed E-state index contributed by atoms with van der Waals surface area (Å²) in [6.07, 6.45) is -4.66. The molecule has 0 aliphatic carbocycles. The largest absolute Gasteiger partial charge is 0.419 e. The van der Waals surface area contributed by atoms with E-state index in [4.69, 9.17) is 0 Å². The topological polar surface area (TPSA) is 12.0 Å². The van der Waals surface area contributed by atoms with Crippen LogP contribution in [0, 0.1) is 5.82 Å². The van der Waals surface area contributed by atoms with Crippen molar-refractivity contribution >= 4 is 17.5 Å². The highest BCUT2D eigenvalue weighted by atomic mass is 32.2. The monoisotopic (exact) mass is 249 g/mol. The minimum atomic E-state index is -4.66. The molecular formula is C10H7F4NS. The van der Waals surface area contributed by atoms with Crippen LogP contribution < -0.4 is 5.32 Å². The van der Waals surface area contributed by atoms with Crippen molar-refractivity contribution in [1.29, 1.82) is 0 Å². The molecule has 1 aliphatic rings. The summed E-state index contributed by atoms with van der Waals surface area (Å²) < 4.78 is 50.3. The van der Waals surface area contributed by atoms with E-state index in [9.17, 15) is 17.6 Å². The Morgan fingerprint density at radius 1 is 1.25 bits per heavy atom. The van der Waals surface area contributed by atoms with E-state index in [0.29, 0.717) is 17.1 Å². The Kier molecular flexibility index (Phi) is 2.84. The molecule has 6 heteroatoms. The van der Waals surface area contributed by atoms with Crippen molar-refractivity contribution in [2.24, 2.45) is 0 Å². The van der Waals surface area contributed by atoms with Crippen LogP contribution in [0.1, 0.15) is 11.1 Å². The van der Waals surface area contributed by atoms with Crippen molar-refractivity contribution in [2.75, 3.05) is 5.88 Å². The van der Waals surface area contributed by atoms with Gasteiger partial charge in [0.15, 0.2) is 0 Å². The van der Waals surface area contributed by atoms with Crippen LogP contribution in [0.25, 0.3) is 5.70 Å². The fourth-order valence-corrected chi connectivity index (χ4v) is 2.07. The number of thioether (sulfide) groups is 1. The maximum Gasteiger partial charge on any atom is 0.419 e. The maximum atomic E-state index is 13.0. The number of hydrogen-bond donors (Lipinski definition) is 1. The maximum absolute atomic E-state index is 13.0. The van der Waals surface area contributed by atoms with Crippen LogP contribution in [0.15, 0.2) is 23.6 Å². The van der Waals surface area contributed by atoms with E-state index in [0.717, 1.165) is 12.1 Å². The molecule has 1 aromatic rings. The van der Waals surface area contributed by atoms with Gasteiger partial charge in [0, 0.05) is 5.70 Å². The second-order valence-corrected chi connectivity index (χ2v) is 4.07. The minimum absolute atomic E-state index is 0.346. The van der Waals surface area contributed by atoms with Gasteiger partial charge in [0.05, 0.1) is 11.4 Å². The van der Waals surface area contributed by atoms with E-state index in [1.54, 1.807) is 5.41 Å². The van der Waals surface area contributed by atoms with Crippen LogP contribution in [-0.4, -0.2) is 5.88 Å². The van der Waals surface area contributed by atoms with E-state index >= 15 is 0 Å². The first-order valence-corrected chi connectivity index (χ1v) is 5.46. The van der Waals surface area contributed by atoms with Crippen molar-refractivity contribution in [1.82, 2.24) is 5.32 Å². The normalized spacial score (nSPS) is 15.9. The molecule has 1 nitrogen and oxygen atoms in total. The van der Waals surface area contributed by atoms with Gasteiger partial charge in [0.25, 0.3) is 0 Å². The van der Waals surface area contributed by atoms with Gasteiger partial charge in [0.2, 0.25) is 0 Å². The molecule has 1 aliphatic heterocycles. The lowest BCUT2D eigenvalue weighted by Gasteiger charge is -2.10. The first-order valence-electron chi connectivity index (χ1n) is 4.41. The number of halogens is 4. The molecule has 16 heavy (non-hydrogen) atoms. The van der Waals surface area contributed by atoms with E-state index in [2.05, 4.69) is 5.32 Å². The zero-order valence-corrected chi connectivity index (χ0v) is 8.75. The van der Waals surface area contributed by atoms with Crippen LogP contribution in [0.3, 0.4) is 0 Å². The average Bonchev–Trinajstić information content (AvgIpc) is 2.69. The predicted molar refractivity (Wildman–Crippen MR) is 55.0 cm³/mol. The van der Waals surface area contributed by atoms with Crippen LogP contribution in [0.5, 0.6) is 0 Å². The molecule has 0 unspecified atom stereocenters. The summed E-state index contributed by atoms with van der Waals surface area (Å²) in [7, 11) is 0. The van der Waals surface area contributed by atoms with Crippen molar-refractivity contribution in [3.8, 4) is 0 Å². The van der Waals surface area contributed by atoms with Crippen LogP contribution >= 0.6 is 11.8 Å². The van der Waals surface area contributed by atoms with Gasteiger partial charge in [0.1, 0.15) is 5.82 Å². The van der Waals surface area contributed by atoms with Gasteiger partial charge in [-0.15, -0.1) is 11.8 Å². The Morgan fingerprint density at radius 2 is 2.00 bits per heavy atom. The standard InChI is InChI=1S/C10H7F4NS/c11-8-2-1-6(9-4-16-5-15-9)3-7(8)10(12,13)14/h1-4,15H,5H2. The molecule has 0 atom stereocenters. The summed E-state index contributed by atoms with van der Waals surface area (Å²) in [5.41, 5.74) is -0.293. The van der Waals surface area contributed by atoms with Crippen molar-refractivity contribution < 1.29 is 17.6 Å². The molecule has 86 valence electrons. The highest BCUT2D eigenvalue weighted by Gasteiger charge is 2.34. The van der Waals surface area contributed by atoms with Gasteiger partial charge in [-0.25, -0.2) is 4.39 Å². The lowest BCUT2D eigenvalue weighted by atomic mass is 10.1. The summed E-state index contributed by atoms with van der Waals surface area (Å²) in [6.45, 7) is 0. The molecular weight excluding hydrogens is 242 g/mol. The van der Waals surface area contributed by atoms with E-state index in [1.807, 2.05) is 0 Å². The molecule has 0 fully saturated rings. The van der Waals surface area contributed by atoms with Crippen LogP contribution in [-0.2, 0) is 6.18 Å². The Morgan fingerprint density at radius 3 is 2.56 bits per heavy atom. The number of hydrogen-bond acceptors (Lipinski definition) is 2. The van der Waals surface area contributed by atoms with Gasteiger partial charge in [-0.05, 0) is 29.2 Å². The second-order valence-electron chi connectivity index (χ2n) is 3.21. The Balaban J connectivity index is 2.43. The van der Waals surface area contributed by atoms with Gasteiger partial charge < -0.3 is 5.32 Å². The lowest BCUT2D eigenvalue weighted by molar-refractivity contribution is -0.140. The summed E-state index contributed by atoms with van der Waals surface area (Å²) in [5.74, 6) is -0.629. The number of alkyl halides is 3. The summed E-state index contributed by atoms with van der Waals surface area (Å²) in [5, 5.41) is 4.62. The molecule has 0 saturated heterocycles. The van der Waals surface area contributed by atoms with Crippen molar-refractivity contribution in [3.63, 3.8) is 0 Å². The van der Waals surface area contributed by atoms with Crippen LogP contribution in [0.4, 0.5) is 17.6 Å². The second kappa shape index (κ2) is 4.01. The highest BCUT2D eigenvalue weighted by Crippen LogP contribution is 2.33. The number of benzene rings is 1. The Hall–Kier alpha value is -1.17. The summed E-state index contributed by atoms with van der Waals surface area (Å²) >= 11 is 1.45. The van der Waals surface area contributed by atoms with Gasteiger partial charge in [-0.2, -0.15) is 13.2 Å². The molecule has 0 radical (unpaired) electrons. The Labute approximate surface area is 93.5 Å². The molecule has 0 bridgehead atoms. The van der Waals surface area contributed by atoms with Crippen molar-refractivity contribution in [3.05, 3.63) is 40.6 Å². The fraction of sp³-hybridized carbons (Fsp3) is 0.200. The molecule has 1 N–H and O–H groups in total. The smallest absolute Gasteiger partial charge is 0.375 e. The van der Waals surface area contributed by atoms with Crippen LogP contribution in [0.2, 0.25) is 0 Å². The number of rotatable bonds is 1. The Bertz CT molecular complexity index is 439. The summed E-state index contributed by atoms with van der Waals surface area (Å²) in [4.78, 5) is 0. The molecule has 0 spiro atoms. The van der Waals surface area contributed by atoms with E-state index in [1.165, 1.54) is 17.8 Å². The fourth-order valence-electron chi connectivity index (χ4n) is 1.37. The molecule has 1 heterocycles. The SMILES string of the molecule is Fc1ccc(C2=CSCN2)cc1C(F)(F)F. The summed E-state index contributed by atoms with van der Waals surface area (Å²) in [6, 6.07) is 2.99. The zero-order chi connectivity index (χ0) is 11.8. The van der Waals surface area contributed by atoms with Crippen molar-refractivity contribution in [2.45, 2.75) is 6.18 Å². The van der Waals surface area contributed by atoms with Gasteiger partial charge in [-0.1, -0.05) is 0 Å². The van der Waals surface area contributed by atoms with E-state index < -0.39 is 17.6 Å². The highest BCUT2D eigenvalue weighted by molar-refractivity contribution is 8.02. The first kappa shape index (κ1) is 11.3. The third-order valence-corrected chi connectivity index (χ3v) is 2.84. The average molecular weight is 249 g/mol. The third-order valence-electron chi connectivity index (χ3n) is 2.13. The zero-order valence-electron chi connectivity index (χ0n) is 7.94. The first-order chi connectivity index (χ1) is 7.48. The molecule has 0 saturated carbocycles. The number of nitrogens with one attached hydrogen (secondary N) is 1. The van der Waals surface area contributed by atoms with Gasteiger partial charge >= 0.3 is 6.18 Å². The quantitative estimate of drug-likeness (QED) is 0.765. The molecule has 0 amide bonds. The third kappa shape index (κ3) is 2.16. The molecule has 1 aromatic carbocycles. The molecule has 0 aromatic heterocycles. The lowest BCUT2D eigenvalue weighted by Crippen LogP contribution is -2.11. The van der Waals surface area contributed by atoms with Gasteiger partial charge in [-0.3, -0.25) is 0 Å². The van der Waals surface area contributed by atoms with E-state index in [-0.39, 0.29) is 0 Å². The molecule has 2 rings (SSSR count).